The Morgan fingerprint density at radius 3 is 2.81 bits per heavy atom. The van der Waals surface area contributed by atoms with Crippen LogP contribution in [0.15, 0.2) is 97.4 Å². The van der Waals surface area contributed by atoms with Crippen molar-refractivity contribution in [2.24, 2.45) is 7.05 Å². The largest absolute Gasteiger partial charge is 0.504 e. The number of ketones is 1. The third kappa shape index (κ3) is 7.17. The molecule has 3 aromatic heterocycles. The van der Waals surface area contributed by atoms with Crippen molar-refractivity contribution in [1.82, 2.24) is 19.5 Å². The monoisotopic (exact) mass is 513 g/mol. The Labute approximate surface area is 222 Å². The Balaban J connectivity index is 0.000000568. The molecule has 7 nitrogen and oxygen atoms in total. The number of fused-ring (bicyclic) bond motifs is 1. The van der Waals surface area contributed by atoms with Crippen molar-refractivity contribution < 1.29 is 9.53 Å². The number of rotatable bonds is 9. The number of aromatic nitrogens is 4. The van der Waals surface area contributed by atoms with E-state index < -0.39 is 0 Å². The summed E-state index contributed by atoms with van der Waals surface area (Å²) in [6.45, 7) is 11.8. The van der Waals surface area contributed by atoms with Gasteiger partial charge in [0.2, 0.25) is 11.7 Å². The van der Waals surface area contributed by atoms with E-state index in [2.05, 4.69) is 50.8 Å². The average molecular weight is 514 g/mol. The molecular formula is C29H31N5O2S. The van der Waals surface area contributed by atoms with E-state index in [0.717, 1.165) is 29.5 Å². The number of hydrogen-bond acceptors (Lipinski definition) is 7. The first-order valence-electron chi connectivity index (χ1n) is 11.7. The zero-order valence-corrected chi connectivity index (χ0v) is 22.0. The van der Waals surface area contributed by atoms with Crippen molar-refractivity contribution in [3.8, 4) is 0 Å². The summed E-state index contributed by atoms with van der Waals surface area (Å²) >= 11 is 1.43. The molecule has 0 bridgehead atoms. The molecule has 0 aliphatic carbocycles. The molecule has 0 fully saturated rings. The quantitative estimate of drug-likeness (QED) is 0.196. The van der Waals surface area contributed by atoms with E-state index in [1.165, 1.54) is 11.8 Å². The van der Waals surface area contributed by atoms with Gasteiger partial charge in [0, 0.05) is 37.7 Å². The lowest BCUT2D eigenvalue weighted by Crippen LogP contribution is -2.11. The van der Waals surface area contributed by atoms with E-state index in [-0.39, 0.29) is 5.78 Å². The molecule has 1 N–H and O–H groups in total. The lowest BCUT2D eigenvalue weighted by molar-refractivity contribution is 0.104. The zero-order chi connectivity index (χ0) is 26.6. The van der Waals surface area contributed by atoms with Crippen LogP contribution in [-0.4, -0.2) is 32.4 Å². The first-order valence-corrected chi connectivity index (χ1v) is 12.6. The van der Waals surface area contributed by atoms with Gasteiger partial charge in [0.25, 0.3) is 0 Å². The summed E-state index contributed by atoms with van der Waals surface area (Å²) in [6.07, 6.45) is 17.9. The van der Waals surface area contributed by atoms with Crippen LogP contribution in [0.25, 0.3) is 16.6 Å². The van der Waals surface area contributed by atoms with Crippen molar-refractivity contribution in [2.45, 2.75) is 19.4 Å². The zero-order valence-electron chi connectivity index (χ0n) is 21.2. The highest BCUT2D eigenvalue weighted by Crippen LogP contribution is 2.33. The molecule has 0 aromatic carbocycles. The van der Waals surface area contributed by atoms with Gasteiger partial charge in [-0.25, -0.2) is 4.98 Å². The van der Waals surface area contributed by atoms with E-state index in [1.54, 1.807) is 44.0 Å². The molecule has 0 unspecified atom stereocenters. The number of hydrogen-bond donors (Lipinski definition) is 1. The molecule has 0 saturated carbocycles. The number of carbonyl (C=O) groups excluding carboxylic acids is 1. The maximum absolute atomic E-state index is 13.5. The van der Waals surface area contributed by atoms with Gasteiger partial charge in [-0.2, -0.15) is 4.98 Å². The Morgan fingerprint density at radius 1 is 1.30 bits per heavy atom. The Kier molecular flexibility index (Phi) is 10.2. The number of thioether (sulfide) groups is 1. The van der Waals surface area contributed by atoms with E-state index >= 15 is 0 Å². The fraction of sp³-hybridized carbons (Fsp3) is 0.172. The van der Waals surface area contributed by atoms with Gasteiger partial charge in [-0.05, 0) is 41.5 Å². The number of pyridine rings is 1. The number of methoxy groups -OCH3 is 1. The van der Waals surface area contributed by atoms with Crippen LogP contribution in [-0.2, 0) is 18.3 Å². The highest BCUT2D eigenvalue weighted by atomic mass is 32.2. The topological polar surface area (TPSA) is 81.9 Å². The molecule has 4 rings (SSSR count). The highest BCUT2D eigenvalue weighted by Gasteiger charge is 2.24. The summed E-state index contributed by atoms with van der Waals surface area (Å²) in [5.74, 6) is 0.282. The molecule has 1 aliphatic heterocycles. The van der Waals surface area contributed by atoms with Gasteiger partial charge in [-0.15, -0.1) is 0 Å². The van der Waals surface area contributed by atoms with Gasteiger partial charge in [0.05, 0.1) is 23.7 Å². The normalized spacial score (nSPS) is 12.8. The maximum Gasteiger partial charge on any atom is 0.225 e. The molecule has 8 heteroatoms. The Hall–Kier alpha value is -4.17. The van der Waals surface area contributed by atoms with E-state index in [0.29, 0.717) is 34.1 Å². The summed E-state index contributed by atoms with van der Waals surface area (Å²) in [6, 6.07) is 3.85. The summed E-state index contributed by atoms with van der Waals surface area (Å²) in [4.78, 5) is 27.7. The van der Waals surface area contributed by atoms with Crippen molar-refractivity contribution in [3.63, 3.8) is 0 Å². The predicted molar refractivity (Wildman–Crippen MR) is 154 cm³/mol. The van der Waals surface area contributed by atoms with Crippen LogP contribution in [0.1, 0.15) is 34.5 Å². The highest BCUT2D eigenvalue weighted by molar-refractivity contribution is 8.06. The van der Waals surface area contributed by atoms with Gasteiger partial charge in [-0.3, -0.25) is 9.78 Å². The third-order valence-electron chi connectivity index (χ3n) is 5.33. The number of carbonyl (C=O) groups is 1. The standard InChI is InChI=1S/C24H23N5OS.C5H8O/c1-4-16(2)18-15-29(3)23-20(18)21(22(30)19-10-6-5-7-12-31-19)27-24(28-23)26-14-17-9-8-11-25-13-17;1-3-4-5-6-2/h4,7-13,15H,1-2,5-6,14H2,3H3,(H,26,27,28);3-5H,1H2,2H3/b;5-4+. The van der Waals surface area contributed by atoms with Crippen molar-refractivity contribution in [2.75, 3.05) is 12.4 Å². The third-order valence-corrected chi connectivity index (χ3v) is 6.26. The molecule has 190 valence electrons. The predicted octanol–water partition coefficient (Wildman–Crippen LogP) is 6.61. The second-order valence-corrected chi connectivity index (χ2v) is 8.90. The van der Waals surface area contributed by atoms with Crippen molar-refractivity contribution >= 4 is 40.1 Å². The average Bonchev–Trinajstić information content (AvgIpc) is 3.09. The van der Waals surface area contributed by atoms with Crippen LogP contribution < -0.4 is 5.32 Å². The van der Waals surface area contributed by atoms with E-state index in [9.17, 15) is 4.79 Å². The van der Waals surface area contributed by atoms with Crippen LogP contribution in [0.5, 0.6) is 0 Å². The van der Waals surface area contributed by atoms with Gasteiger partial charge >= 0.3 is 0 Å². The molecule has 1 aliphatic rings. The van der Waals surface area contributed by atoms with Crippen LogP contribution in [0.4, 0.5) is 5.95 Å². The molecule has 0 amide bonds. The lowest BCUT2D eigenvalue weighted by atomic mass is 10.0. The van der Waals surface area contributed by atoms with E-state index in [1.807, 2.05) is 41.4 Å². The number of anilines is 1. The first-order chi connectivity index (χ1) is 18.0. The summed E-state index contributed by atoms with van der Waals surface area (Å²) in [7, 11) is 3.50. The number of ether oxygens (including phenoxy) is 1. The molecule has 0 saturated heterocycles. The maximum atomic E-state index is 13.5. The number of Topliss-reactive ketones (excluding diaryl/α,β-unsaturated/α-hetero) is 1. The van der Waals surface area contributed by atoms with Crippen molar-refractivity contribution in [1.29, 1.82) is 0 Å². The van der Waals surface area contributed by atoms with Gasteiger partial charge < -0.3 is 14.6 Å². The van der Waals surface area contributed by atoms with E-state index in [4.69, 9.17) is 0 Å². The lowest BCUT2D eigenvalue weighted by Gasteiger charge is -2.10. The number of nitrogens with zero attached hydrogens (tertiary/aromatic N) is 4. The van der Waals surface area contributed by atoms with Crippen LogP contribution >= 0.6 is 11.8 Å². The van der Waals surface area contributed by atoms with Gasteiger partial charge in [-0.1, -0.05) is 61.9 Å². The fourth-order valence-electron chi connectivity index (χ4n) is 3.50. The fourth-order valence-corrected chi connectivity index (χ4v) is 4.29. The molecule has 4 heterocycles. The molecule has 0 radical (unpaired) electrons. The Bertz CT molecular complexity index is 1370. The second-order valence-electron chi connectivity index (χ2n) is 7.96. The van der Waals surface area contributed by atoms with Gasteiger partial charge in [0.15, 0.2) is 0 Å². The number of nitrogens with one attached hydrogen (secondary N) is 1. The molecular weight excluding hydrogens is 482 g/mol. The number of aryl methyl sites for hydroxylation is 1. The van der Waals surface area contributed by atoms with Gasteiger partial charge in [0.1, 0.15) is 11.3 Å². The second kappa shape index (κ2) is 13.8. The summed E-state index contributed by atoms with van der Waals surface area (Å²) < 4.78 is 6.42. The minimum atomic E-state index is -0.113. The molecule has 3 aromatic rings. The Morgan fingerprint density at radius 2 is 2.14 bits per heavy atom. The smallest absolute Gasteiger partial charge is 0.225 e. The van der Waals surface area contributed by atoms with Crippen molar-refractivity contribution in [3.05, 3.63) is 114 Å². The minimum absolute atomic E-state index is 0.113. The summed E-state index contributed by atoms with van der Waals surface area (Å²) in [5, 5.41) is 5.89. The number of allylic oxidation sites excluding steroid dienone is 7. The SMILES string of the molecule is C=C/C=C/OC.C=CC(=C)c1cn(C)c2nc(NCc3cccnc3)nc(C(=O)C3=CCCC=CS3)c12. The van der Waals surface area contributed by atoms with Crippen LogP contribution in [0, 0.1) is 0 Å². The molecule has 0 spiro atoms. The molecule has 37 heavy (non-hydrogen) atoms. The van der Waals surface area contributed by atoms with Crippen LogP contribution in [0.3, 0.4) is 0 Å². The molecule has 0 atom stereocenters. The van der Waals surface area contributed by atoms with Crippen LogP contribution in [0.2, 0.25) is 0 Å². The minimum Gasteiger partial charge on any atom is -0.504 e. The summed E-state index contributed by atoms with van der Waals surface area (Å²) in [5.41, 5.74) is 3.57. The first kappa shape index (κ1) is 27.4.